The van der Waals surface area contributed by atoms with Gasteiger partial charge in [0, 0.05) is 5.69 Å². The third-order valence-corrected chi connectivity index (χ3v) is 4.70. The molecule has 2 aromatic carbocycles. The van der Waals surface area contributed by atoms with Crippen molar-refractivity contribution in [2.75, 3.05) is 10.0 Å². The second kappa shape index (κ2) is 7.15. The standard InChI is InChI=1S/C17H17N3O3S/c1-12-3-8-16(13(2)11-12)20-24(22,23)15-6-4-14(5-7-15)19-17(21)9-10-18/h3-8,11,20H,9H2,1-2H3,(H,19,21). The Balaban J connectivity index is 2.17. The molecule has 0 unspecified atom stereocenters. The van der Waals surface area contributed by atoms with Crippen LogP contribution in [0.2, 0.25) is 0 Å². The van der Waals surface area contributed by atoms with Gasteiger partial charge in [-0.05, 0) is 49.7 Å². The number of carbonyl (C=O) groups excluding carboxylic acids is 1. The molecular weight excluding hydrogens is 326 g/mol. The number of benzene rings is 2. The van der Waals surface area contributed by atoms with Gasteiger partial charge in [0.2, 0.25) is 5.91 Å². The first-order chi connectivity index (χ1) is 11.3. The van der Waals surface area contributed by atoms with Crippen LogP contribution in [0, 0.1) is 25.2 Å². The van der Waals surface area contributed by atoms with Gasteiger partial charge in [-0.1, -0.05) is 17.7 Å². The molecule has 2 aromatic rings. The molecule has 0 saturated heterocycles. The highest BCUT2D eigenvalue weighted by Crippen LogP contribution is 2.21. The number of rotatable bonds is 5. The van der Waals surface area contributed by atoms with E-state index in [1.54, 1.807) is 12.1 Å². The van der Waals surface area contributed by atoms with Crippen molar-refractivity contribution in [1.29, 1.82) is 5.26 Å². The number of sulfonamides is 1. The molecule has 0 aliphatic heterocycles. The maximum atomic E-state index is 12.4. The molecule has 0 aliphatic rings. The van der Waals surface area contributed by atoms with Gasteiger partial charge in [-0.15, -0.1) is 0 Å². The van der Waals surface area contributed by atoms with Gasteiger partial charge < -0.3 is 5.32 Å². The summed E-state index contributed by atoms with van der Waals surface area (Å²) in [6.45, 7) is 3.77. The van der Waals surface area contributed by atoms with Crippen LogP contribution in [0.3, 0.4) is 0 Å². The molecule has 0 bridgehead atoms. The van der Waals surface area contributed by atoms with E-state index in [-0.39, 0.29) is 11.3 Å². The molecule has 1 amide bonds. The van der Waals surface area contributed by atoms with Crippen molar-refractivity contribution in [3.8, 4) is 6.07 Å². The zero-order valence-corrected chi connectivity index (χ0v) is 14.1. The fourth-order valence-electron chi connectivity index (χ4n) is 2.13. The van der Waals surface area contributed by atoms with Gasteiger partial charge in [-0.2, -0.15) is 5.26 Å². The minimum Gasteiger partial charge on any atom is -0.325 e. The maximum absolute atomic E-state index is 12.4. The van der Waals surface area contributed by atoms with E-state index in [4.69, 9.17) is 5.26 Å². The minimum atomic E-state index is -3.72. The summed E-state index contributed by atoms with van der Waals surface area (Å²) in [6.07, 6.45) is -0.256. The van der Waals surface area contributed by atoms with E-state index < -0.39 is 15.9 Å². The number of nitrogens with zero attached hydrogens (tertiary/aromatic N) is 1. The van der Waals surface area contributed by atoms with E-state index in [1.807, 2.05) is 26.0 Å². The molecule has 24 heavy (non-hydrogen) atoms. The Bertz CT molecular complexity index is 898. The van der Waals surface area contributed by atoms with Crippen LogP contribution in [0.15, 0.2) is 47.4 Å². The average Bonchev–Trinajstić information content (AvgIpc) is 2.51. The van der Waals surface area contributed by atoms with Gasteiger partial charge in [0.1, 0.15) is 6.42 Å². The lowest BCUT2D eigenvalue weighted by molar-refractivity contribution is -0.115. The zero-order chi connectivity index (χ0) is 17.7. The molecule has 6 nitrogen and oxygen atoms in total. The Labute approximate surface area is 141 Å². The largest absolute Gasteiger partial charge is 0.325 e. The highest BCUT2D eigenvalue weighted by atomic mass is 32.2. The van der Waals surface area contributed by atoms with E-state index in [2.05, 4.69) is 10.0 Å². The first-order valence-electron chi connectivity index (χ1n) is 7.19. The van der Waals surface area contributed by atoms with Crippen LogP contribution in [0.25, 0.3) is 0 Å². The molecule has 2 rings (SSSR count). The Morgan fingerprint density at radius 2 is 1.79 bits per heavy atom. The normalized spacial score (nSPS) is 10.7. The lowest BCUT2D eigenvalue weighted by Gasteiger charge is -2.11. The van der Waals surface area contributed by atoms with E-state index in [0.717, 1.165) is 11.1 Å². The molecule has 0 spiro atoms. The monoisotopic (exact) mass is 343 g/mol. The molecule has 124 valence electrons. The van der Waals surface area contributed by atoms with E-state index in [9.17, 15) is 13.2 Å². The summed E-state index contributed by atoms with van der Waals surface area (Å²) in [6, 6.07) is 12.9. The molecule has 0 heterocycles. The van der Waals surface area contributed by atoms with Crippen LogP contribution in [-0.2, 0) is 14.8 Å². The molecule has 0 fully saturated rings. The lowest BCUT2D eigenvalue weighted by atomic mass is 10.1. The highest BCUT2D eigenvalue weighted by molar-refractivity contribution is 7.92. The summed E-state index contributed by atoms with van der Waals surface area (Å²) in [7, 11) is -3.72. The van der Waals surface area contributed by atoms with E-state index >= 15 is 0 Å². The van der Waals surface area contributed by atoms with Gasteiger partial charge in [-0.3, -0.25) is 9.52 Å². The summed E-state index contributed by atoms with van der Waals surface area (Å²) in [5, 5.41) is 11.0. The number of anilines is 2. The Hall–Kier alpha value is -2.85. The van der Waals surface area contributed by atoms with Crippen molar-refractivity contribution in [3.05, 3.63) is 53.6 Å². The number of nitrogens with one attached hydrogen (secondary N) is 2. The molecular formula is C17H17N3O3S. The van der Waals surface area contributed by atoms with E-state index in [1.165, 1.54) is 24.3 Å². The summed E-state index contributed by atoms with van der Waals surface area (Å²) in [4.78, 5) is 11.4. The van der Waals surface area contributed by atoms with Crippen molar-refractivity contribution in [3.63, 3.8) is 0 Å². The second-order valence-corrected chi connectivity index (χ2v) is 7.01. The number of hydrogen-bond acceptors (Lipinski definition) is 4. The first kappa shape index (κ1) is 17.5. The SMILES string of the molecule is Cc1ccc(NS(=O)(=O)c2ccc(NC(=O)CC#N)cc2)c(C)c1. The summed E-state index contributed by atoms with van der Waals surface area (Å²) < 4.78 is 27.4. The number of amides is 1. The van der Waals surface area contributed by atoms with Crippen LogP contribution < -0.4 is 10.0 Å². The lowest BCUT2D eigenvalue weighted by Crippen LogP contribution is -2.14. The first-order valence-corrected chi connectivity index (χ1v) is 8.67. The third-order valence-electron chi connectivity index (χ3n) is 3.31. The van der Waals surface area contributed by atoms with Gasteiger partial charge >= 0.3 is 0 Å². The molecule has 0 radical (unpaired) electrons. The van der Waals surface area contributed by atoms with Gasteiger partial charge in [-0.25, -0.2) is 8.42 Å². The second-order valence-electron chi connectivity index (χ2n) is 5.33. The van der Waals surface area contributed by atoms with Crippen LogP contribution >= 0.6 is 0 Å². The predicted octanol–water partition coefficient (Wildman–Crippen LogP) is 2.96. The van der Waals surface area contributed by atoms with Crippen LogP contribution in [-0.4, -0.2) is 14.3 Å². The van der Waals surface area contributed by atoms with Crippen molar-refractivity contribution in [2.45, 2.75) is 25.2 Å². The maximum Gasteiger partial charge on any atom is 0.261 e. The predicted molar refractivity (Wildman–Crippen MR) is 92.0 cm³/mol. The average molecular weight is 343 g/mol. The van der Waals surface area contributed by atoms with Crippen LogP contribution in [0.4, 0.5) is 11.4 Å². The third kappa shape index (κ3) is 4.33. The summed E-state index contributed by atoms with van der Waals surface area (Å²) in [5.41, 5.74) is 2.83. The fraction of sp³-hybridized carbons (Fsp3) is 0.176. The van der Waals surface area contributed by atoms with E-state index in [0.29, 0.717) is 11.4 Å². The number of carbonyl (C=O) groups is 1. The Kier molecular flexibility index (Phi) is 5.21. The van der Waals surface area contributed by atoms with Crippen molar-refractivity contribution in [1.82, 2.24) is 0 Å². The molecule has 0 aliphatic carbocycles. The fourth-order valence-corrected chi connectivity index (χ4v) is 3.26. The van der Waals surface area contributed by atoms with Crippen molar-refractivity contribution in [2.24, 2.45) is 0 Å². The smallest absolute Gasteiger partial charge is 0.261 e. The molecule has 0 aromatic heterocycles. The molecule has 0 atom stereocenters. The zero-order valence-electron chi connectivity index (χ0n) is 13.3. The highest BCUT2D eigenvalue weighted by Gasteiger charge is 2.15. The number of hydrogen-bond donors (Lipinski definition) is 2. The molecule has 7 heteroatoms. The minimum absolute atomic E-state index is 0.0840. The topological polar surface area (TPSA) is 99.1 Å². The molecule has 0 saturated carbocycles. The number of nitriles is 1. The molecule has 2 N–H and O–H groups in total. The van der Waals surface area contributed by atoms with Gasteiger partial charge in [0.05, 0.1) is 16.7 Å². The van der Waals surface area contributed by atoms with Crippen LogP contribution in [0.1, 0.15) is 17.5 Å². The van der Waals surface area contributed by atoms with Crippen molar-refractivity contribution < 1.29 is 13.2 Å². The summed E-state index contributed by atoms with van der Waals surface area (Å²) in [5.74, 6) is -0.443. The Morgan fingerprint density at radius 3 is 2.38 bits per heavy atom. The van der Waals surface area contributed by atoms with Crippen LogP contribution in [0.5, 0.6) is 0 Å². The summed E-state index contributed by atoms with van der Waals surface area (Å²) >= 11 is 0. The number of aryl methyl sites for hydroxylation is 2. The van der Waals surface area contributed by atoms with Gasteiger partial charge in [0.25, 0.3) is 10.0 Å². The van der Waals surface area contributed by atoms with Crippen molar-refractivity contribution >= 4 is 27.3 Å². The quantitative estimate of drug-likeness (QED) is 0.872. The van der Waals surface area contributed by atoms with Gasteiger partial charge in [0.15, 0.2) is 0 Å². The Morgan fingerprint density at radius 1 is 1.12 bits per heavy atom.